The second-order valence-electron chi connectivity index (χ2n) is 4.25. The van der Waals surface area contributed by atoms with Gasteiger partial charge in [-0.15, -0.1) is 0 Å². The molecule has 17 heavy (non-hydrogen) atoms. The topological polar surface area (TPSA) is 95.5 Å². The van der Waals surface area contributed by atoms with E-state index >= 15 is 0 Å². The molecule has 0 aromatic heterocycles. The highest BCUT2D eigenvalue weighted by Gasteiger charge is 2.28. The molecule has 1 heterocycles. The molecule has 1 fully saturated rings. The fourth-order valence-electron chi connectivity index (χ4n) is 1.90. The third-order valence-corrected chi connectivity index (χ3v) is 2.72. The molecule has 0 aromatic carbocycles. The van der Waals surface area contributed by atoms with Gasteiger partial charge >= 0.3 is 5.97 Å². The first-order chi connectivity index (χ1) is 8.02. The molecule has 1 rings (SSSR count). The summed E-state index contributed by atoms with van der Waals surface area (Å²) in [5, 5.41) is 13.9. The van der Waals surface area contributed by atoms with E-state index in [1.807, 2.05) is 6.92 Å². The first-order valence-corrected chi connectivity index (χ1v) is 5.84. The second kappa shape index (κ2) is 6.22. The Bertz CT molecular complexity index is 317. The summed E-state index contributed by atoms with van der Waals surface area (Å²) in [6.07, 6.45) is 2.18. The summed E-state index contributed by atoms with van der Waals surface area (Å²) >= 11 is 0. The van der Waals surface area contributed by atoms with Crippen molar-refractivity contribution in [2.75, 3.05) is 0 Å². The van der Waals surface area contributed by atoms with Crippen LogP contribution >= 0.6 is 0 Å². The van der Waals surface area contributed by atoms with E-state index in [1.54, 1.807) is 0 Å². The molecule has 96 valence electrons. The van der Waals surface area contributed by atoms with Crippen molar-refractivity contribution in [1.82, 2.24) is 10.6 Å². The number of rotatable bonds is 6. The average molecular weight is 242 g/mol. The highest BCUT2D eigenvalue weighted by atomic mass is 16.4. The lowest BCUT2D eigenvalue weighted by Gasteiger charge is -2.18. The lowest BCUT2D eigenvalue weighted by Crippen LogP contribution is -2.46. The number of amides is 2. The molecule has 1 aliphatic rings. The van der Waals surface area contributed by atoms with E-state index in [4.69, 9.17) is 5.11 Å². The van der Waals surface area contributed by atoms with Crippen LogP contribution in [0, 0.1) is 0 Å². The standard InChI is InChI=1S/C11H18N2O4/c1-2-3-7(6-10(15)16)12-11(17)8-4-5-9(14)13-8/h7-8H,2-6H2,1H3,(H,12,17)(H,13,14)(H,15,16). The van der Waals surface area contributed by atoms with E-state index < -0.39 is 12.0 Å². The lowest BCUT2D eigenvalue weighted by atomic mass is 10.1. The second-order valence-corrected chi connectivity index (χ2v) is 4.25. The van der Waals surface area contributed by atoms with Crippen LogP contribution in [-0.4, -0.2) is 35.0 Å². The monoisotopic (exact) mass is 242 g/mol. The Morgan fingerprint density at radius 1 is 1.59 bits per heavy atom. The van der Waals surface area contributed by atoms with Gasteiger partial charge in [-0.05, 0) is 12.8 Å². The molecule has 2 atom stereocenters. The largest absolute Gasteiger partial charge is 0.481 e. The molecule has 2 unspecified atom stereocenters. The van der Waals surface area contributed by atoms with Gasteiger partial charge in [0.05, 0.1) is 6.42 Å². The molecule has 0 aliphatic carbocycles. The van der Waals surface area contributed by atoms with Crippen LogP contribution in [0.15, 0.2) is 0 Å². The van der Waals surface area contributed by atoms with Gasteiger partial charge in [-0.3, -0.25) is 14.4 Å². The molecule has 0 spiro atoms. The van der Waals surface area contributed by atoms with Crippen molar-refractivity contribution < 1.29 is 19.5 Å². The highest BCUT2D eigenvalue weighted by molar-refractivity contribution is 5.91. The molecule has 0 aromatic rings. The van der Waals surface area contributed by atoms with Gasteiger partial charge < -0.3 is 15.7 Å². The van der Waals surface area contributed by atoms with E-state index in [0.717, 1.165) is 6.42 Å². The van der Waals surface area contributed by atoms with Gasteiger partial charge in [-0.1, -0.05) is 13.3 Å². The summed E-state index contributed by atoms with van der Waals surface area (Å²) < 4.78 is 0. The molecule has 1 aliphatic heterocycles. The van der Waals surface area contributed by atoms with Crippen molar-refractivity contribution in [3.8, 4) is 0 Å². The van der Waals surface area contributed by atoms with Crippen molar-refractivity contribution in [3.05, 3.63) is 0 Å². The molecule has 1 saturated heterocycles. The Morgan fingerprint density at radius 2 is 2.29 bits per heavy atom. The van der Waals surface area contributed by atoms with E-state index in [1.165, 1.54) is 0 Å². The average Bonchev–Trinajstić information content (AvgIpc) is 2.64. The SMILES string of the molecule is CCCC(CC(=O)O)NC(=O)C1CCC(=O)N1. The van der Waals surface area contributed by atoms with Crippen LogP contribution < -0.4 is 10.6 Å². The zero-order valence-electron chi connectivity index (χ0n) is 9.86. The fraction of sp³-hybridized carbons (Fsp3) is 0.727. The third-order valence-electron chi connectivity index (χ3n) is 2.72. The molecule has 0 bridgehead atoms. The quantitative estimate of drug-likeness (QED) is 0.612. The zero-order valence-corrected chi connectivity index (χ0v) is 9.86. The molecule has 6 heteroatoms. The maximum Gasteiger partial charge on any atom is 0.305 e. The van der Waals surface area contributed by atoms with Crippen LogP contribution in [-0.2, 0) is 14.4 Å². The minimum atomic E-state index is -0.931. The van der Waals surface area contributed by atoms with Crippen molar-refractivity contribution in [2.24, 2.45) is 0 Å². The van der Waals surface area contributed by atoms with Gasteiger partial charge in [0.1, 0.15) is 6.04 Å². The van der Waals surface area contributed by atoms with Gasteiger partial charge in [0.15, 0.2) is 0 Å². The van der Waals surface area contributed by atoms with E-state index in [9.17, 15) is 14.4 Å². The first kappa shape index (κ1) is 13.5. The van der Waals surface area contributed by atoms with Crippen LogP contribution in [0.25, 0.3) is 0 Å². The minimum absolute atomic E-state index is 0.0831. The van der Waals surface area contributed by atoms with Gasteiger partial charge in [0, 0.05) is 12.5 Å². The Balaban J connectivity index is 2.45. The predicted molar refractivity (Wildman–Crippen MR) is 60.3 cm³/mol. The number of nitrogens with one attached hydrogen (secondary N) is 2. The number of hydrogen-bond acceptors (Lipinski definition) is 3. The molecule has 0 radical (unpaired) electrons. The Kier molecular flexibility index (Phi) is 4.93. The van der Waals surface area contributed by atoms with Crippen molar-refractivity contribution >= 4 is 17.8 Å². The number of carbonyl (C=O) groups excluding carboxylic acids is 2. The summed E-state index contributed by atoms with van der Waals surface area (Å²) in [7, 11) is 0. The van der Waals surface area contributed by atoms with Gasteiger partial charge in [-0.25, -0.2) is 0 Å². The molecule has 2 amide bonds. The Hall–Kier alpha value is -1.59. The summed E-state index contributed by atoms with van der Waals surface area (Å²) in [5.74, 6) is -1.34. The van der Waals surface area contributed by atoms with Crippen molar-refractivity contribution in [3.63, 3.8) is 0 Å². The number of carboxylic acids is 1. The van der Waals surface area contributed by atoms with Crippen LogP contribution in [0.2, 0.25) is 0 Å². The summed E-state index contributed by atoms with van der Waals surface area (Å²) in [5.41, 5.74) is 0. The summed E-state index contributed by atoms with van der Waals surface area (Å²) in [6.45, 7) is 1.93. The maximum absolute atomic E-state index is 11.7. The number of carbonyl (C=O) groups is 3. The normalized spacial score (nSPS) is 20.8. The Morgan fingerprint density at radius 3 is 2.76 bits per heavy atom. The van der Waals surface area contributed by atoms with Crippen LogP contribution in [0.4, 0.5) is 0 Å². The van der Waals surface area contributed by atoms with Crippen molar-refractivity contribution in [1.29, 1.82) is 0 Å². The van der Waals surface area contributed by atoms with Gasteiger partial charge in [-0.2, -0.15) is 0 Å². The molecule has 6 nitrogen and oxygen atoms in total. The van der Waals surface area contributed by atoms with Crippen molar-refractivity contribution in [2.45, 2.75) is 51.1 Å². The van der Waals surface area contributed by atoms with Gasteiger partial charge in [0.2, 0.25) is 11.8 Å². The minimum Gasteiger partial charge on any atom is -0.481 e. The molecular weight excluding hydrogens is 224 g/mol. The highest BCUT2D eigenvalue weighted by Crippen LogP contribution is 2.08. The predicted octanol–water partition coefficient (Wildman–Crippen LogP) is 0.0246. The lowest BCUT2D eigenvalue weighted by molar-refractivity contribution is -0.138. The smallest absolute Gasteiger partial charge is 0.305 e. The first-order valence-electron chi connectivity index (χ1n) is 5.84. The molecular formula is C11H18N2O4. The van der Waals surface area contributed by atoms with E-state index in [0.29, 0.717) is 19.3 Å². The molecule has 0 saturated carbocycles. The van der Waals surface area contributed by atoms with E-state index in [-0.39, 0.29) is 24.3 Å². The van der Waals surface area contributed by atoms with Crippen LogP contribution in [0.1, 0.15) is 39.0 Å². The summed E-state index contributed by atoms with van der Waals surface area (Å²) in [4.78, 5) is 33.3. The fourth-order valence-corrected chi connectivity index (χ4v) is 1.90. The van der Waals surface area contributed by atoms with Crippen LogP contribution in [0.3, 0.4) is 0 Å². The van der Waals surface area contributed by atoms with Gasteiger partial charge in [0.25, 0.3) is 0 Å². The Labute approximate surface area is 99.8 Å². The third kappa shape index (κ3) is 4.42. The number of aliphatic carboxylic acids is 1. The number of carboxylic acid groups (broad SMARTS) is 1. The zero-order chi connectivity index (χ0) is 12.8. The number of hydrogen-bond donors (Lipinski definition) is 3. The van der Waals surface area contributed by atoms with Crippen LogP contribution in [0.5, 0.6) is 0 Å². The van der Waals surface area contributed by atoms with E-state index in [2.05, 4.69) is 10.6 Å². The summed E-state index contributed by atoms with van der Waals surface area (Å²) in [6, 6.07) is -0.863. The maximum atomic E-state index is 11.7. The molecule has 3 N–H and O–H groups in total.